The number of hydrogen-bond donors (Lipinski definition) is 1. The molecule has 0 bridgehead atoms. The van der Waals surface area contributed by atoms with Gasteiger partial charge in [0.05, 0.1) is 19.0 Å². The number of benzene rings is 1. The van der Waals surface area contributed by atoms with Gasteiger partial charge in [-0.1, -0.05) is 29.8 Å². The minimum Gasteiger partial charge on any atom is -0.278 e. The molecule has 0 aliphatic carbocycles. The summed E-state index contributed by atoms with van der Waals surface area (Å²) in [6.07, 6.45) is 7.74. The topological polar surface area (TPSA) is 33.9 Å². The van der Waals surface area contributed by atoms with Crippen molar-refractivity contribution in [3.8, 4) is 0 Å². The number of hydrogen-bond acceptors (Lipinski definition) is 1. The second kappa shape index (κ2) is 4.44. The highest BCUT2D eigenvalue weighted by molar-refractivity contribution is 6.20. The minimum absolute atomic E-state index is 0.156. The van der Waals surface area contributed by atoms with Gasteiger partial charge in [0.2, 0.25) is 0 Å². The van der Waals surface area contributed by atoms with Crippen LogP contribution >= 0.6 is 0 Å². The molecular weight excluding hydrogens is 236 g/mol. The van der Waals surface area contributed by atoms with E-state index in [0.717, 1.165) is 21.9 Å². The number of fused-ring (bicyclic) bond motifs is 1. The van der Waals surface area contributed by atoms with Crippen molar-refractivity contribution in [3.63, 3.8) is 0 Å². The average molecular weight is 251 g/mol. The Morgan fingerprint density at radius 3 is 2.63 bits per heavy atom. The molecule has 1 aromatic carbocycles. The van der Waals surface area contributed by atoms with Crippen LogP contribution in [0, 0.1) is 6.92 Å². The van der Waals surface area contributed by atoms with E-state index in [4.69, 9.17) is 0 Å². The first-order valence-electron chi connectivity index (χ1n) is 6.29. The van der Waals surface area contributed by atoms with Crippen molar-refractivity contribution in [2.75, 3.05) is 7.05 Å². The number of allylic oxidation sites excluding steroid dienone is 3. The number of nitrogens with zero attached hydrogens (tertiary/aromatic N) is 1. The molecule has 2 aliphatic rings. The smallest absolute Gasteiger partial charge is 0.278 e. The lowest BCUT2D eigenvalue weighted by Gasteiger charge is -2.20. The minimum atomic E-state index is -0.156. The molecule has 0 aromatic heterocycles. The molecule has 0 spiro atoms. The van der Waals surface area contributed by atoms with E-state index in [0.29, 0.717) is 5.57 Å². The number of aliphatic imine (C=N–C) groups is 1. The Labute approximate surface area is 112 Å². The predicted octanol–water partition coefficient (Wildman–Crippen LogP) is 1.18. The van der Waals surface area contributed by atoms with Gasteiger partial charge in [0.25, 0.3) is 5.91 Å². The molecule has 1 amide bonds. The Morgan fingerprint density at radius 2 is 1.89 bits per heavy atom. The molecule has 1 N–H and O–H groups in total. The number of carbonyl (C=O) groups excluding carboxylic acids is 1. The molecule has 1 unspecified atom stereocenters. The van der Waals surface area contributed by atoms with Crippen LogP contribution in [0.1, 0.15) is 11.1 Å². The Hall–Kier alpha value is -2.26. The molecule has 2 heterocycles. The Bertz CT molecular complexity index is 660. The fourth-order valence-electron chi connectivity index (χ4n) is 2.27. The van der Waals surface area contributed by atoms with Gasteiger partial charge in [0, 0.05) is 11.6 Å². The molecule has 1 aromatic rings. The van der Waals surface area contributed by atoms with Gasteiger partial charge in [-0.2, -0.15) is 0 Å². The van der Waals surface area contributed by atoms with E-state index in [-0.39, 0.29) is 5.91 Å². The van der Waals surface area contributed by atoms with E-state index in [9.17, 15) is 4.79 Å². The third-order valence-corrected chi connectivity index (χ3v) is 3.40. The molecule has 19 heavy (non-hydrogen) atoms. The highest BCUT2D eigenvalue weighted by Crippen LogP contribution is 2.18. The van der Waals surface area contributed by atoms with E-state index in [1.54, 1.807) is 0 Å². The SMILES string of the molecule is Cc1ccc(C2=NC(=O)C3=CC=C[NH+](C)C3=C2)cc1. The van der Waals surface area contributed by atoms with Crippen LogP contribution in [0.2, 0.25) is 0 Å². The van der Waals surface area contributed by atoms with Crippen LogP contribution in [0.5, 0.6) is 0 Å². The van der Waals surface area contributed by atoms with Gasteiger partial charge in [-0.25, -0.2) is 4.99 Å². The Morgan fingerprint density at radius 1 is 1.16 bits per heavy atom. The van der Waals surface area contributed by atoms with E-state index < -0.39 is 0 Å². The molecule has 0 radical (unpaired) electrons. The molecule has 3 heteroatoms. The first kappa shape index (κ1) is 11.8. The number of dihydropyridines is 1. The fraction of sp³-hybridized carbons (Fsp3) is 0.125. The van der Waals surface area contributed by atoms with E-state index in [1.165, 1.54) is 5.56 Å². The van der Waals surface area contributed by atoms with E-state index in [1.807, 2.05) is 62.7 Å². The standard InChI is InChI=1S/C16H14N2O/c1-11-5-7-12(8-6-11)14-10-15-13(16(19)17-14)4-3-9-18(15)2/h3-10H,1-2H3/p+1. The summed E-state index contributed by atoms with van der Waals surface area (Å²) in [5.74, 6) is -0.156. The van der Waals surface area contributed by atoms with Crippen molar-refractivity contribution in [2.24, 2.45) is 4.99 Å². The van der Waals surface area contributed by atoms with Crippen molar-refractivity contribution in [1.82, 2.24) is 0 Å². The molecule has 0 saturated carbocycles. The highest BCUT2D eigenvalue weighted by Gasteiger charge is 2.27. The summed E-state index contributed by atoms with van der Waals surface area (Å²) in [4.78, 5) is 17.4. The van der Waals surface area contributed by atoms with Crippen molar-refractivity contribution in [1.29, 1.82) is 0 Å². The number of carbonyl (C=O) groups is 1. The normalized spacial score (nSPS) is 21.5. The van der Waals surface area contributed by atoms with Crippen LogP contribution in [0.25, 0.3) is 0 Å². The summed E-state index contributed by atoms with van der Waals surface area (Å²) < 4.78 is 0. The van der Waals surface area contributed by atoms with Gasteiger partial charge in [-0.15, -0.1) is 0 Å². The molecule has 3 nitrogen and oxygen atoms in total. The number of quaternary nitrogens is 1. The summed E-state index contributed by atoms with van der Waals surface area (Å²) in [5, 5.41) is 0. The third-order valence-electron chi connectivity index (χ3n) is 3.40. The van der Waals surface area contributed by atoms with Crippen LogP contribution in [0.3, 0.4) is 0 Å². The molecule has 94 valence electrons. The molecule has 3 rings (SSSR count). The van der Waals surface area contributed by atoms with E-state index in [2.05, 4.69) is 4.99 Å². The fourth-order valence-corrected chi connectivity index (χ4v) is 2.27. The Kier molecular flexibility index (Phi) is 2.76. The monoisotopic (exact) mass is 251 g/mol. The zero-order valence-electron chi connectivity index (χ0n) is 11.0. The summed E-state index contributed by atoms with van der Waals surface area (Å²) in [6, 6.07) is 8.06. The highest BCUT2D eigenvalue weighted by atomic mass is 16.1. The largest absolute Gasteiger partial charge is 0.283 e. The van der Waals surface area contributed by atoms with Crippen molar-refractivity contribution >= 4 is 11.6 Å². The molecule has 0 saturated heterocycles. The van der Waals surface area contributed by atoms with Gasteiger partial charge in [0.15, 0.2) is 5.70 Å². The van der Waals surface area contributed by atoms with Crippen molar-refractivity contribution in [3.05, 3.63) is 71.1 Å². The number of rotatable bonds is 1. The zero-order chi connectivity index (χ0) is 13.4. The summed E-state index contributed by atoms with van der Waals surface area (Å²) in [5.41, 5.74) is 4.59. The Balaban J connectivity index is 2.06. The lowest BCUT2D eigenvalue weighted by atomic mass is 9.99. The van der Waals surface area contributed by atoms with Crippen LogP contribution in [-0.4, -0.2) is 18.7 Å². The average Bonchev–Trinajstić information content (AvgIpc) is 2.41. The number of nitrogens with one attached hydrogen (secondary N) is 1. The van der Waals surface area contributed by atoms with Crippen LogP contribution in [-0.2, 0) is 4.79 Å². The zero-order valence-corrected chi connectivity index (χ0v) is 11.0. The number of amides is 1. The van der Waals surface area contributed by atoms with Gasteiger partial charge in [0.1, 0.15) is 5.57 Å². The van der Waals surface area contributed by atoms with E-state index >= 15 is 0 Å². The van der Waals surface area contributed by atoms with Crippen molar-refractivity contribution < 1.29 is 9.69 Å². The van der Waals surface area contributed by atoms with Gasteiger partial charge < -0.3 is 0 Å². The first-order chi connectivity index (χ1) is 9.15. The number of likely N-dealkylation sites (N-methyl/N-ethyl adjacent to an activating group) is 1. The summed E-state index contributed by atoms with van der Waals surface area (Å²) in [7, 11) is 2.01. The second-order valence-corrected chi connectivity index (χ2v) is 4.85. The molecular formula is C16H15N2O+. The van der Waals surface area contributed by atoms with Crippen LogP contribution < -0.4 is 4.90 Å². The van der Waals surface area contributed by atoms with Gasteiger partial charge in [-0.3, -0.25) is 9.69 Å². The second-order valence-electron chi connectivity index (χ2n) is 4.85. The maximum absolute atomic E-state index is 12.1. The lowest BCUT2D eigenvalue weighted by molar-refractivity contribution is -0.779. The number of aryl methyl sites for hydroxylation is 1. The molecule has 0 fully saturated rings. The van der Waals surface area contributed by atoms with Gasteiger partial charge in [-0.05, 0) is 19.1 Å². The predicted molar refractivity (Wildman–Crippen MR) is 74.9 cm³/mol. The maximum Gasteiger partial charge on any atom is 0.283 e. The van der Waals surface area contributed by atoms with Crippen LogP contribution in [0.4, 0.5) is 0 Å². The van der Waals surface area contributed by atoms with Gasteiger partial charge >= 0.3 is 0 Å². The quantitative estimate of drug-likeness (QED) is 0.799. The third kappa shape index (κ3) is 2.09. The molecule has 2 aliphatic heterocycles. The summed E-state index contributed by atoms with van der Waals surface area (Å²) in [6.45, 7) is 2.04. The lowest BCUT2D eigenvalue weighted by Crippen LogP contribution is -3.03. The molecule has 1 atom stereocenters. The summed E-state index contributed by atoms with van der Waals surface area (Å²) >= 11 is 0. The maximum atomic E-state index is 12.1. The first-order valence-corrected chi connectivity index (χ1v) is 6.29. The van der Waals surface area contributed by atoms with Crippen LogP contribution in [0.15, 0.2) is 65.0 Å². The van der Waals surface area contributed by atoms with Crippen molar-refractivity contribution in [2.45, 2.75) is 6.92 Å².